The molecule has 33 heavy (non-hydrogen) atoms. The molecule has 2 N–H and O–H groups in total. The summed E-state index contributed by atoms with van der Waals surface area (Å²) in [4.78, 5) is 21.0. The molecule has 0 bridgehead atoms. The Morgan fingerprint density at radius 3 is 2.64 bits per heavy atom. The predicted molar refractivity (Wildman–Crippen MR) is 145 cm³/mol. The molecule has 0 saturated carbocycles. The molecule has 4 rings (SSSR count). The number of hydrogen-bond donors (Lipinski definition) is 2. The summed E-state index contributed by atoms with van der Waals surface area (Å²) < 4.78 is 5.53. The number of guanidine groups is 1. The van der Waals surface area contributed by atoms with Crippen LogP contribution in [0.2, 0.25) is 0 Å². The fraction of sp³-hybridized carbons (Fsp3) is 0.440. The Balaban J connectivity index is 0.00000306. The van der Waals surface area contributed by atoms with E-state index < -0.39 is 0 Å². The molecule has 2 aromatic carbocycles. The number of nitrogens with zero attached hydrogens (tertiary/aromatic N) is 3. The van der Waals surface area contributed by atoms with Gasteiger partial charge in [-0.3, -0.25) is 4.79 Å². The highest BCUT2D eigenvalue weighted by molar-refractivity contribution is 14.0. The highest BCUT2D eigenvalue weighted by Crippen LogP contribution is 2.30. The number of para-hydroxylation sites is 2. The lowest BCUT2D eigenvalue weighted by molar-refractivity contribution is -0.117. The van der Waals surface area contributed by atoms with E-state index in [0.717, 1.165) is 67.7 Å². The molecule has 1 unspecified atom stereocenters. The molecule has 1 atom stereocenters. The molecule has 2 aliphatic rings. The molecule has 2 aliphatic heterocycles. The van der Waals surface area contributed by atoms with Gasteiger partial charge in [0.1, 0.15) is 5.75 Å². The number of carbonyl (C=O) groups is 1. The fourth-order valence-electron chi connectivity index (χ4n) is 4.37. The zero-order valence-corrected chi connectivity index (χ0v) is 21.7. The van der Waals surface area contributed by atoms with Crippen LogP contribution in [0.4, 0.5) is 11.4 Å². The van der Waals surface area contributed by atoms with Crippen LogP contribution in [0.25, 0.3) is 0 Å². The van der Waals surface area contributed by atoms with Crippen molar-refractivity contribution in [1.29, 1.82) is 0 Å². The topological polar surface area (TPSA) is 69.2 Å². The van der Waals surface area contributed by atoms with Crippen LogP contribution in [-0.2, 0) is 11.3 Å². The van der Waals surface area contributed by atoms with Crippen LogP contribution in [0, 0.1) is 0 Å². The highest BCUT2D eigenvalue weighted by Gasteiger charge is 2.25. The van der Waals surface area contributed by atoms with Crippen molar-refractivity contribution in [2.45, 2.75) is 38.8 Å². The van der Waals surface area contributed by atoms with E-state index >= 15 is 0 Å². The molecule has 2 heterocycles. The number of rotatable bonds is 7. The number of nitrogens with one attached hydrogen (secondary N) is 2. The van der Waals surface area contributed by atoms with E-state index in [1.807, 2.05) is 29.2 Å². The zero-order valence-electron chi connectivity index (χ0n) is 19.4. The van der Waals surface area contributed by atoms with Gasteiger partial charge in [0.2, 0.25) is 5.91 Å². The normalized spacial score (nSPS) is 18.3. The molecule has 8 heteroatoms. The molecule has 0 aliphatic carbocycles. The summed E-state index contributed by atoms with van der Waals surface area (Å²) in [7, 11) is 1.72. The summed E-state index contributed by atoms with van der Waals surface area (Å²) >= 11 is 0. The summed E-state index contributed by atoms with van der Waals surface area (Å²) in [6.45, 7) is 6.18. The van der Waals surface area contributed by atoms with Gasteiger partial charge in [-0.1, -0.05) is 24.3 Å². The van der Waals surface area contributed by atoms with Crippen molar-refractivity contribution in [3.63, 3.8) is 0 Å². The summed E-state index contributed by atoms with van der Waals surface area (Å²) in [5.41, 5.74) is 3.24. The zero-order chi connectivity index (χ0) is 22.3. The number of aliphatic imine (C=N–C) groups is 1. The van der Waals surface area contributed by atoms with Gasteiger partial charge in [0.05, 0.1) is 19.3 Å². The minimum absolute atomic E-state index is 0. The first-order valence-electron chi connectivity index (χ1n) is 11.5. The van der Waals surface area contributed by atoms with Crippen LogP contribution in [0.5, 0.6) is 5.75 Å². The third kappa shape index (κ3) is 6.31. The minimum Gasteiger partial charge on any atom is -0.495 e. The van der Waals surface area contributed by atoms with Gasteiger partial charge in [-0.05, 0) is 49.6 Å². The number of anilines is 2. The van der Waals surface area contributed by atoms with Gasteiger partial charge in [0.15, 0.2) is 5.96 Å². The van der Waals surface area contributed by atoms with Gasteiger partial charge in [-0.2, -0.15) is 0 Å². The number of carbonyl (C=O) groups excluding carboxylic acids is 1. The van der Waals surface area contributed by atoms with Crippen molar-refractivity contribution < 1.29 is 9.53 Å². The fourth-order valence-corrected chi connectivity index (χ4v) is 4.37. The van der Waals surface area contributed by atoms with Crippen LogP contribution < -0.4 is 25.2 Å². The van der Waals surface area contributed by atoms with Gasteiger partial charge in [0.25, 0.3) is 0 Å². The number of benzene rings is 2. The average Bonchev–Trinajstić information content (AvgIpc) is 3.47. The molecular formula is C25H34IN5O2. The molecule has 0 spiro atoms. The first kappa shape index (κ1) is 25.1. The SMILES string of the molecule is CCNC(=NCc1ccc(N2CCCC2=O)cc1)NC1CCN(c2ccccc2OC)C1.I. The van der Waals surface area contributed by atoms with E-state index in [-0.39, 0.29) is 29.9 Å². The standard InChI is InChI=1S/C25H33N5O2.HI/c1-3-26-25(27-17-19-10-12-21(13-11-19)30-15-6-9-24(30)31)28-20-14-16-29(18-20)22-7-4-5-8-23(22)32-2;/h4-5,7-8,10-13,20H,3,6,9,14-18H2,1-2H3,(H2,26,27,28);1H. The number of hydrogen-bond acceptors (Lipinski definition) is 4. The monoisotopic (exact) mass is 563 g/mol. The summed E-state index contributed by atoms with van der Waals surface area (Å²) in [5.74, 6) is 1.96. The maximum absolute atomic E-state index is 11.9. The van der Waals surface area contributed by atoms with E-state index in [0.29, 0.717) is 19.0 Å². The Kier molecular flexibility index (Phi) is 9.22. The second-order valence-corrected chi connectivity index (χ2v) is 8.26. The van der Waals surface area contributed by atoms with Crippen LogP contribution >= 0.6 is 24.0 Å². The highest BCUT2D eigenvalue weighted by atomic mass is 127. The Morgan fingerprint density at radius 2 is 1.94 bits per heavy atom. The predicted octanol–water partition coefficient (Wildman–Crippen LogP) is 3.77. The van der Waals surface area contributed by atoms with Crippen LogP contribution in [0.3, 0.4) is 0 Å². The Morgan fingerprint density at radius 1 is 1.15 bits per heavy atom. The number of ether oxygens (including phenoxy) is 1. The molecule has 7 nitrogen and oxygen atoms in total. The van der Waals surface area contributed by atoms with Crippen LogP contribution in [0.1, 0.15) is 31.7 Å². The summed E-state index contributed by atoms with van der Waals surface area (Å²) in [5, 5.41) is 6.95. The smallest absolute Gasteiger partial charge is 0.227 e. The van der Waals surface area contributed by atoms with E-state index in [4.69, 9.17) is 9.73 Å². The van der Waals surface area contributed by atoms with E-state index in [1.165, 1.54) is 0 Å². The first-order chi connectivity index (χ1) is 15.7. The Hall–Kier alpha value is -2.49. The van der Waals surface area contributed by atoms with Crippen molar-refractivity contribution in [1.82, 2.24) is 10.6 Å². The maximum atomic E-state index is 11.9. The van der Waals surface area contributed by atoms with Crippen molar-refractivity contribution >= 4 is 47.2 Å². The van der Waals surface area contributed by atoms with Gasteiger partial charge in [-0.15, -0.1) is 24.0 Å². The number of amides is 1. The quantitative estimate of drug-likeness (QED) is 0.305. The minimum atomic E-state index is 0. The Labute approximate surface area is 213 Å². The summed E-state index contributed by atoms with van der Waals surface area (Å²) in [6, 6.07) is 16.7. The Bertz CT molecular complexity index is 950. The van der Waals surface area contributed by atoms with Crippen molar-refractivity contribution in [3.05, 3.63) is 54.1 Å². The lowest BCUT2D eigenvalue weighted by Crippen LogP contribution is -2.44. The first-order valence-corrected chi connectivity index (χ1v) is 11.5. The number of methoxy groups -OCH3 is 1. The van der Waals surface area contributed by atoms with Gasteiger partial charge in [0, 0.05) is 44.3 Å². The van der Waals surface area contributed by atoms with Crippen LogP contribution in [-0.4, -0.2) is 51.2 Å². The van der Waals surface area contributed by atoms with Gasteiger partial charge < -0.3 is 25.2 Å². The molecule has 1 amide bonds. The molecule has 2 saturated heterocycles. The second-order valence-electron chi connectivity index (χ2n) is 8.26. The molecule has 178 valence electrons. The van der Waals surface area contributed by atoms with Crippen molar-refractivity contribution in [2.75, 3.05) is 43.1 Å². The summed E-state index contributed by atoms with van der Waals surface area (Å²) in [6.07, 6.45) is 2.64. The van der Waals surface area contributed by atoms with E-state index in [1.54, 1.807) is 7.11 Å². The largest absolute Gasteiger partial charge is 0.495 e. The average molecular weight is 563 g/mol. The van der Waals surface area contributed by atoms with E-state index in [9.17, 15) is 4.79 Å². The molecule has 2 fully saturated rings. The molecule has 0 radical (unpaired) electrons. The third-order valence-electron chi connectivity index (χ3n) is 6.04. The van der Waals surface area contributed by atoms with Crippen molar-refractivity contribution in [2.24, 2.45) is 4.99 Å². The number of halogens is 1. The lowest BCUT2D eigenvalue weighted by Gasteiger charge is -2.22. The third-order valence-corrected chi connectivity index (χ3v) is 6.04. The molecule has 0 aromatic heterocycles. The molecule has 2 aromatic rings. The second kappa shape index (κ2) is 12.1. The van der Waals surface area contributed by atoms with Gasteiger partial charge in [-0.25, -0.2) is 4.99 Å². The van der Waals surface area contributed by atoms with Gasteiger partial charge >= 0.3 is 0 Å². The van der Waals surface area contributed by atoms with Crippen molar-refractivity contribution in [3.8, 4) is 5.75 Å². The maximum Gasteiger partial charge on any atom is 0.227 e. The molecular weight excluding hydrogens is 529 g/mol. The van der Waals surface area contributed by atoms with Crippen LogP contribution in [0.15, 0.2) is 53.5 Å². The van der Waals surface area contributed by atoms with E-state index in [2.05, 4.69) is 46.7 Å². The lowest BCUT2D eigenvalue weighted by atomic mass is 10.2.